The van der Waals surface area contributed by atoms with Gasteiger partial charge in [-0.05, 0) is 68.4 Å². The standard InChI is InChI=1S/C29H29Cl2N5O3/c1-3-39-22-11-9-21(10-12-22)36-27(33-26-7-5-4-6-23(26)28(36)37)19(2)34-14-16-35(17-15-34)29(38)32-20-8-13-24(30)25(31)18-20/h4-13,18-19H,3,14-17H2,1-2H3,(H,32,38). The molecule has 0 bridgehead atoms. The van der Waals surface area contributed by atoms with Gasteiger partial charge in [-0.25, -0.2) is 9.78 Å². The molecule has 2 amide bonds. The van der Waals surface area contributed by atoms with Crippen LogP contribution in [0.25, 0.3) is 16.6 Å². The fourth-order valence-corrected chi connectivity index (χ4v) is 5.09. The first-order chi connectivity index (χ1) is 18.9. The number of urea groups is 1. The van der Waals surface area contributed by atoms with Crippen LogP contribution in [0.1, 0.15) is 25.7 Å². The number of hydrogen-bond donors (Lipinski definition) is 1. The molecule has 1 N–H and O–H groups in total. The van der Waals surface area contributed by atoms with Crippen LogP contribution in [-0.4, -0.2) is 58.2 Å². The number of anilines is 1. The van der Waals surface area contributed by atoms with E-state index in [1.54, 1.807) is 33.7 Å². The van der Waals surface area contributed by atoms with Crippen molar-refractivity contribution in [2.45, 2.75) is 19.9 Å². The lowest BCUT2D eigenvalue weighted by molar-refractivity contribution is 0.115. The molecule has 8 nitrogen and oxygen atoms in total. The van der Waals surface area contributed by atoms with E-state index >= 15 is 0 Å². The summed E-state index contributed by atoms with van der Waals surface area (Å²) in [5, 5.41) is 4.26. The van der Waals surface area contributed by atoms with Gasteiger partial charge in [0.2, 0.25) is 0 Å². The van der Waals surface area contributed by atoms with E-state index < -0.39 is 0 Å². The summed E-state index contributed by atoms with van der Waals surface area (Å²) in [5.41, 5.74) is 1.85. The fourth-order valence-electron chi connectivity index (χ4n) is 4.79. The van der Waals surface area contributed by atoms with Crippen LogP contribution in [0.4, 0.5) is 10.5 Å². The van der Waals surface area contributed by atoms with Crippen LogP contribution in [0.5, 0.6) is 5.75 Å². The number of nitrogens with one attached hydrogen (secondary N) is 1. The summed E-state index contributed by atoms with van der Waals surface area (Å²) < 4.78 is 7.27. The number of benzene rings is 3. The Labute approximate surface area is 236 Å². The van der Waals surface area contributed by atoms with Crippen molar-refractivity contribution in [3.05, 3.63) is 93.0 Å². The minimum absolute atomic E-state index is 0.119. The summed E-state index contributed by atoms with van der Waals surface area (Å²) in [4.78, 5) is 35.5. The summed E-state index contributed by atoms with van der Waals surface area (Å²) in [6.07, 6.45) is 0. The van der Waals surface area contributed by atoms with Gasteiger partial charge in [0.1, 0.15) is 11.6 Å². The van der Waals surface area contributed by atoms with Gasteiger partial charge in [0.25, 0.3) is 5.56 Å². The molecular formula is C29H29Cl2N5O3. The largest absolute Gasteiger partial charge is 0.494 e. The number of aromatic nitrogens is 2. The molecule has 0 saturated carbocycles. The molecule has 202 valence electrons. The maximum absolute atomic E-state index is 13.7. The fraction of sp³-hybridized carbons (Fsp3) is 0.276. The molecule has 4 aromatic rings. The molecular weight excluding hydrogens is 537 g/mol. The molecule has 39 heavy (non-hydrogen) atoms. The number of ether oxygens (including phenoxy) is 1. The molecule has 1 aromatic heterocycles. The summed E-state index contributed by atoms with van der Waals surface area (Å²) in [6, 6.07) is 19.5. The monoisotopic (exact) mass is 565 g/mol. The third kappa shape index (κ3) is 5.73. The number of fused-ring (bicyclic) bond motifs is 1. The van der Waals surface area contributed by atoms with Crippen LogP contribution in [0.15, 0.2) is 71.5 Å². The highest BCUT2D eigenvalue weighted by atomic mass is 35.5. The van der Waals surface area contributed by atoms with Gasteiger partial charge in [-0.2, -0.15) is 0 Å². The zero-order valence-corrected chi connectivity index (χ0v) is 23.2. The third-order valence-electron chi connectivity index (χ3n) is 6.90. The molecule has 1 saturated heterocycles. The maximum atomic E-state index is 13.7. The molecule has 1 atom stereocenters. The number of piperazine rings is 1. The summed E-state index contributed by atoms with van der Waals surface area (Å²) in [5.74, 6) is 1.39. The lowest BCUT2D eigenvalue weighted by atomic mass is 10.1. The van der Waals surface area contributed by atoms with Crippen LogP contribution in [-0.2, 0) is 0 Å². The predicted octanol–water partition coefficient (Wildman–Crippen LogP) is 6.00. The highest BCUT2D eigenvalue weighted by Gasteiger charge is 2.28. The second kappa shape index (κ2) is 11.7. The van der Waals surface area contributed by atoms with Gasteiger partial charge in [-0.3, -0.25) is 14.3 Å². The molecule has 0 spiro atoms. The first-order valence-corrected chi connectivity index (χ1v) is 13.6. The molecule has 5 rings (SSSR count). The highest BCUT2D eigenvalue weighted by molar-refractivity contribution is 6.42. The Balaban J connectivity index is 1.37. The summed E-state index contributed by atoms with van der Waals surface area (Å²) in [6.45, 7) is 6.85. The van der Waals surface area contributed by atoms with Gasteiger partial charge in [0.15, 0.2) is 0 Å². The van der Waals surface area contributed by atoms with Crippen molar-refractivity contribution in [2.75, 3.05) is 38.1 Å². The average molecular weight is 566 g/mol. The second-order valence-corrected chi connectivity index (χ2v) is 10.1. The predicted molar refractivity (Wildman–Crippen MR) is 156 cm³/mol. The van der Waals surface area contributed by atoms with Crippen molar-refractivity contribution in [3.8, 4) is 11.4 Å². The Morgan fingerprint density at radius 3 is 2.41 bits per heavy atom. The number of carbonyl (C=O) groups excluding carboxylic acids is 1. The van der Waals surface area contributed by atoms with Gasteiger partial charge < -0.3 is 15.0 Å². The quantitative estimate of drug-likeness (QED) is 0.310. The normalized spacial score (nSPS) is 14.8. The smallest absolute Gasteiger partial charge is 0.321 e. The van der Waals surface area contributed by atoms with Crippen molar-refractivity contribution in [1.29, 1.82) is 0 Å². The Kier molecular flexibility index (Phi) is 8.07. The molecule has 1 fully saturated rings. The Morgan fingerprint density at radius 2 is 1.72 bits per heavy atom. The van der Waals surface area contributed by atoms with Gasteiger partial charge in [-0.15, -0.1) is 0 Å². The van der Waals surface area contributed by atoms with Crippen molar-refractivity contribution in [2.24, 2.45) is 0 Å². The summed E-state index contributed by atoms with van der Waals surface area (Å²) >= 11 is 12.1. The van der Waals surface area contributed by atoms with E-state index in [0.717, 1.165) is 11.4 Å². The van der Waals surface area contributed by atoms with Gasteiger partial charge in [0.05, 0.1) is 39.3 Å². The minimum atomic E-state index is -0.198. The lowest BCUT2D eigenvalue weighted by Gasteiger charge is -2.38. The topological polar surface area (TPSA) is 79.7 Å². The Hall–Kier alpha value is -3.59. The number of hydrogen-bond acceptors (Lipinski definition) is 5. The molecule has 0 aliphatic carbocycles. The van der Waals surface area contributed by atoms with E-state index in [9.17, 15) is 9.59 Å². The van der Waals surface area contributed by atoms with Crippen LogP contribution in [0.3, 0.4) is 0 Å². The number of rotatable bonds is 6. The second-order valence-electron chi connectivity index (χ2n) is 9.31. The molecule has 1 aliphatic heterocycles. The third-order valence-corrected chi connectivity index (χ3v) is 7.64. The molecule has 3 aromatic carbocycles. The molecule has 2 heterocycles. The first-order valence-electron chi connectivity index (χ1n) is 12.9. The van der Waals surface area contributed by atoms with Crippen molar-refractivity contribution >= 4 is 45.8 Å². The molecule has 1 unspecified atom stereocenters. The number of para-hydroxylation sites is 1. The van der Waals surface area contributed by atoms with E-state index in [-0.39, 0.29) is 17.6 Å². The van der Waals surface area contributed by atoms with Crippen molar-refractivity contribution in [3.63, 3.8) is 0 Å². The number of nitrogens with zero attached hydrogens (tertiary/aromatic N) is 4. The maximum Gasteiger partial charge on any atom is 0.321 e. The van der Waals surface area contributed by atoms with Crippen LogP contribution < -0.4 is 15.6 Å². The average Bonchev–Trinajstić information content (AvgIpc) is 2.95. The number of carbonyl (C=O) groups is 1. The van der Waals surface area contributed by atoms with Crippen LogP contribution >= 0.6 is 23.2 Å². The van der Waals surface area contributed by atoms with E-state index in [2.05, 4.69) is 10.2 Å². The van der Waals surface area contributed by atoms with E-state index in [0.29, 0.717) is 65.2 Å². The zero-order valence-electron chi connectivity index (χ0n) is 21.7. The molecule has 1 aliphatic rings. The van der Waals surface area contributed by atoms with Crippen LogP contribution in [0.2, 0.25) is 10.0 Å². The highest BCUT2D eigenvalue weighted by Crippen LogP contribution is 2.27. The Morgan fingerprint density at radius 1 is 1.00 bits per heavy atom. The lowest BCUT2D eigenvalue weighted by Crippen LogP contribution is -2.51. The van der Waals surface area contributed by atoms with Gasteiger partial charge in [-0.1, -0.05) is 35.3 Å². The zero-order chi connectivity index (χ0) is 27.5. The summed E-state index contributed by atoms with van der Waals surface area (Å²) in [7, 11) is 0. The molecule has 0 radical (unpaired) electrons. The number of amides is 2. The Bertz CT molecular complexity index is 1550. The van der Waals surface area contributed by atoms with E-state index in [1.165, 1.54) is 0 Å². The van der Waals surface area contributed by atoms with Gasteiger partial charge >= 0.3 is 6.03 Å². The van der Waals surface area contributed by atoms with Crippen molar-refractivity contribution < 1.29 is 9.53 Å². The van der Waals surface area contributed by atoms with E-state index in [1.807, 2.05) is 56.3 Å². The van der Waals surface area contributed by atoms with E-state index in [4.69, 9.17) is 32.9 Å². The number of halogens is 2. The minimum Gasteiger partial charge on any atom is -0.494 e. The van der Waals surface area contributed by atoms with Crippen LogP contribution in [0, 0.1) is 0 Å². The first kappa shape index (κ1) is 27.0. The van der Waals surface area contributed by atoms with Crippen molar-refractivity contribution in [1.82, 2.24) is 19.4 Å². The molecule has 10 heteroatoms. The van der Waals surface area contributed by atoms with Gasteiger partial charge in [0, 0.05) is 31.9 Å². The SMILES string of the molecule is CCOc1ccc(-n2c(C(C)N3CCN(C(=O)Nc4ccc(Cl)c(Cl)c4)CC3)nc3ccccc3c2=O)cc1.